The minimum absolute atomic E-state index is 0.194. The van der Waals surface area contributed by atoms with Crippen molar-refractivity contribution >= 4 is 10.8 Å². The minimum atomic E-state index is -0.194. The quantitative estimate of drug-likeness (QED) is 0.824. The van der Waals surface area contributed by atoms with Gasteiger partial charge in [-0.1, -0.05) is 19.9 Å². The van der Waals surface area contributed by atoms with Crippen LogP contribution in [0.5, 0.6) is 5.75 Å². The van der Waals surface area contributed by atoms with Crippen LogP contribution >= 0.6 is 0 Å². The van der Waals surface area contributed by atoms with Crippen LogP contribution in [-0.2, 0) is 0 Å². The van der Waals surface area contributed by atoms with E-state index in [1.165, 1.54) is 0 Å². The van der Waals surface area contributed by atoms with Crippen molar-refractivity contribution in [2.45, 2.75) is 19.8 Å². The SMILES string of the molecule is COc1ccc2ccnc(C(C#N)C(C)C)c2c1. The van der Waals surface area contributed by atoms with Gasteiger partial charge in [0.05, 0.1) is 24.8 Å². The highest BCUT2D eigenvalue weighted by Gasteiger charge is 2.19. The normalized spacial score (nSPS) is 12.4. The molecule has 0 aliphatic carbocycles. The smallest absolute Gasteiger partial charge is 0.119 e. The van der Waals surface area contributed by atoms with Gasteiger partial charge >= 0.3 is 0 Å². The molecule has 0 fully saturated rings. The summed E-state index contributed by atoms with van der Waals surface area (Å²) in [6, 6.07) is 10.2. The van der Waals surface area contributed by atoms with Crippen molar-refractivity contribution in [3.63, 3.8) is 0 Å². The van der Waals surface area contributed by atoms with Crippen molar-refractivity contribution in [2.75, 3.05) is 7.11 Å². The Morgan fingerprint density at radius 1 is 1.28 bits per heavy atom. The molecule has 1 atom stereocenters. The average molecular weight is 240 g/mol. The molecule has 1 aromatic carbocycles. The number of benzene rings is 1. The number of rotatable bonds is 3. The topological polar surface area (TPSA) is 45.9 Å². The van der Waals surface area contributed by atoms with E-state index in [2.05, 4.69) is 11.1 Å². The first-order chi connectivity index (χ1) is 8.67. The van der Waals surface area contributed by atoms with E-state index in [9.17, 15) is 5.26 Å². The molecule has 1 aromatic heterocycles. The van der Waals surface area contributed by atoms with Crippen LogP contribution < -0.4 is 4.74 Å². The van der Waals surface area contributed by atoms with E-state index in [1.807, 2.05) is 38.1 Å². The second kappa shape index (κ2) is 5.05. The Morgan fingerprint density at radius 3 is 2.67 bits per heavy atom. The van der Waals surface area contributed by atoms with E-state index >= 15 is 0 Å². The fourth-order valence-corrected chi connectivity index (χ4v) is 2.07. The maximum absolute atomic E-state index is 9.31. The molecule has 0 aliphatic rings. The Hall–Kier alpha value is -2.08. The molecule has 3 heteroatoms. The van der Waals surface area contributed by atoms with E-state index in [0.717, 1.165) is 22.2 Å². The first-order valence-corrected chi connectivity index (χ1v) is 5.99. The number of nitriles is 1. The highest BCUT2D eigenvalue weighted by atomic mass is 16.5. The van der Waals surface area contributed by atoms with Gasteiger partial charge in [-0.15, -0.1) is 0 Å². The Kier molecular flexibility index (Phi) is 3.47. The number of pyridine rings is 1. The molecule has 18 heavy (non-hydrogen) atoms. The van der Waals surface area contributed by atoms with Gasteiger partial charge in [0.1, 0.15) is 5.75 Å². The fourth-order valence-electron chi connectivity index (χ4n) is 2.07. The molecule has 2 rings (SSSR count). The standard InChI is InChI=1S/C15H16N2O/c1-10(2)14(9-16)15-13-8-12(18-3)5-4-11(13)6-7-17-15/h4-8,10,14H,1-3H3. The first-order valence-electron chi connectivity index (χ1n) is 5.99. The van der Waals surface area contributed by atoms with Gasteiger partial charge in [0.15, 0.2) is 0 Å². The fraction of sp³-hybridized carbons (Fsp3) is 0.333. The molecule has 0 saturated carbocycles. The summed E-state index contributed by atoms with van der Waals surface area (Å²) in [7, 11) is 1.64. The summed E-state index contributed by atoms with van der Waals surface area (Å²) >= 11 is 0. The first kappa shape index (κ1) is 12.4. The van der Waals surface area contributed by atoms with E-state index in [1.54, 1.807) is 13.3 Å². The maximum atomic E-state index is 9.31. The lowest BCUT2D eigenvalue weighted by Gasteiger charge is -2.15. The second-order valence-electron chi connectivity index (χ2n) is 4.63. The molecule has 1 unspecified atom stereocenters. The predicted octanol–water partition coefficient (Wildman–Crippen LogP) is 3.51. The van der Waals surface area contributed by atoms with Crippen LogP contribution in [0.4, 0.5) is 0 Å². The molecule has 0 aliphatic heterocycles. The van der Waals surface area contributed by atoms with Crippen LogP contribution in [0.25, 0.3) is 10.8 Å². The monoisotopic (exact) mass is 240 g/mol. The number of hydrogen-bond acceptors (Lipinski definition) is 3. The number of ether oxygens (including phenoxy) is 1. The van der Waals surface area contributed by atoms with E-state index in [4.69, 9.17) is 4.74 Å². The van der Waals surface area contributed by atoms with Gasteiger partial charge in [-0.05, 0) is 29.5 Å². The highest BCUT2D eigenvalue weighted by molar-refractivity contribution is 5.86. The van der Waals surface area contributed by atoms with Gasteiger partial charge in [-0.3, -0.25) is 4.98 Å². The lowest BCUT2D eigenvalue weighted by atomic mass is 9.90. The van der Waals surface area contributed by atoms with Crippen molar-refractivity contribution in [3.05, 3.63) is 36.2 Å². The largest absolute Gasteiger partial charge is 0.497 e. The Bertz CT molecular complexity index is 599. The summed E-state index contributed by atoms with van der Waals surface area (Å²) in [6.45, 7) is 4.07. The molecule has 0 bridgehead atoms. The molecule has 0 radical (unpaired) electrons. The van der Waals surface area contributed by atoms with Crippen molar-refractivity contribution < 1.29 is 4.74 Å². The summed E-state index contributed by atoms with van der Waals surface area (Å²) in [6.07, 6.45) is 1.76. The van der Waals surface area contributed by atoms with Crippen LogP contribution in [0, 0.1) is 17.2 Å². The average Bonchev–Trinajstić information content (AvgIpc) is 2.39. The maximum Gasteiger partial charge on any atom is 0.119 e. The van der Waals surface area contributed by atoms with Crippen LogP contribution in [-0.4, -0.2) is 12.1 Å². The molecule has 92 valence electrons. The number of nitrogens with zero attached hydrogens (tertiary/aromatic N) is 2. The zero-order chi connectivity index (χ0) is 13.1. The molecule has 0 saturated heterocycles. The number of methoxy groups -OCH3 is 1. The molecule has 0 amide bonds. The molecular weight excluding hydrogens is 224 g/mol. The van der Waals surface area contributed by atoms with Gasteiger partial charge in [-0.25, -0.2) is 0 Å². The Morgan fingerprint density at radius 2 is 2.06 bits per heavy atom. The zero-order valence-electron chi connectivity index (χ0n) is 10.8. The van der Waals surface area contributed by atoms with Crippen molar-refractivity contribution in [3.8, 4) is 11.8 Å². The molecule has 0 spiro atoms. The van der Waals surface area contributed by atoms with Crippen LogP contribution in [0.15, 0.2) is 30.5 Å². The van der Waals surface area contributed by atoms with Crippen LogP contribution in [0.1, 0.15) is 25.5 Å². The van der Waals surface area contributed by atoms with Gasteiger partial charge in [0, 0.05) is 11.6 Å². The van der Waals surface area contributed by atoms with Gasteiger partial charge in [-0.2, -0.15) is 5.26 Å². The molecular formula is C15H16N2O. The van der Waals surface area contributed by atoms with E-state index in [0.29, 0.717) is 0 Å². The predicted molar refractivity (Wildman–Crippen MR) is 71.5 cm³/mol. The Labute approximate surface area is 107 Å². The summed E-state index contributed by atoms with van der Waals surface area (Å²) in [4.78, 5) is 4.40. The Balaban J connectivity index is 2.66. The third kappa shape index (κ3) is 2.14. The van der Waals surface area contributed by atoms with Crippen LogP contribution in [0.2, 0.25) is 0 Å². The number of aromatic nitrogens is 1. The minimum Gasteiger partial charge on any atom is -0.497 e. The van der Waals surface area contributed by atoms with Crippen molar-refractivity contribution in [1.82, 2.24) is 4.98 Å². The van der Waals surface area contributed by atoms with Crippen LogP contribution in [0.3, 0.4) is 0 Å². The highest BCUT2D eigenvalue weighted by Crippen LogP contribution is 2.30. The van der Waals surface area contributed by atoms with E-state index in [-0.39, 0.29) is 11.8 Å². The second-order valence-corrected chi connectivity index (χ2v) is 4.63. The van der Waals surface area contributed by atoms with Gasteiger partial charge < -0.3 is 4.74 Å². The molecule has 0 N–H and O–H groups in total. The van der Waals surface area contributed by atoms with Crippen molar-refractivity contribution in [2.24, 2.45) is 5.92 Å². The lowest BCUT2D eigenvalue weighted by molar-refractivity contribution is 0.415. The number of hydrogen-bond donors (Lipinski definition) is 0. The van der Waals surface area contributed by atoms with Crippen molar-refractivity contribution in [1.29, 1.82) is 5.26 Å². The molecule has 3 nitrogen and oxygen atoms in total. The molecule has 1 heterocycles. The third-order valence-corrected chi connectivity index (χ3v) is 3.10. The molecule has 2 aromatic rings. The summed E-state index contributed by atoms with van der Waals surface area (Å²) in [5.41, 5.74) is 0.837. The summed E-state index contributed by atoms with van der Waals surface area (Å²) in [5.74, 6) is 0.831. The van der Waals surface area contributed by atoms with Gasteiger partial charge in [0.2, 0.25) is 0 Å². The third-order valence-electron chi connectivity index (χ3n) is 3.10. The number of fused-ring (bicyclic) bond motifs is 1. The zero-order valence-corrected chi connectivity index (χ0v) is 10.8. The van der Waals surface area contributed by atoms with Gasteiger partial charge in [0.25, 0.3) is 0 Å². The summed E-state index contributed by atoms with van der Waals surface area (Å²) < 4.78 is 5.24. The summed E-state index contributed by atoms with van der Waals surface area (Å²) in [5, 5.41) is 11.4. The van der Waals surface area contributed by atoms with E-state index < -0.39 is 0 Å². The lowest BCUT2D eigenvalue weighted by Crippen LogP contribution is -2.07.